The lowest BCUT2D eigenvalue weighted by Crippen LogP contribution is -2.45. The second-order valence-corrected chi connectivity index (χ2v) is 6.06. The summed E-state index contributed by atoms with van der Waals surface area (Å²) >= 11 is 0. The molecule has 22 heavy (non-hydrogen) atoms. The average molecular weight is 295 g/mol. The molecule has 1 saturated carbocycles. The molecule has 2 aromatic rings. The Morgan fingerprint density at radius 1 is 0.864 bits per heavy atom. The summed E-state index contributed by atoms with van der Waals surface area (Å²) in [7, 11) is 0. The first-order chi connectivity index (χ1) is 10.8. The van der Waals surface area contributed by atoms with Crippen molar-refractivity contribution in [1.82, 2.24) is 0 Å². The first-order valence-corrected chi connectivity index (χ1v) is 8.40. The molecule has 0 amide bonds. The van der Waals surface area contributed by atoms with Gasteiger partial charge in [0.05, 0.1) is 0 Å². The van der Waals surface area contributed by atoms with Crippen LogP contribution >= 0.6 is 0 Å². The van der Waals surface area contributed by atoms with E-state index in [-0.39, 0.29) is 6.23 Å². The van der Waals surface area contributed by atoms with Crippen molar-refractivity contribution in [2.75, 3.05) is 4.90 Å². The van der Waals surface area contributed by atoms with Gasteiger partial charge < -0.3 is 9.64 Å². The van der Waals surface area contributed by atoms with Gasteiger partial charge in [-0.3, -0.25) is 0 Å². The van der Waals surface area contributed by atoms with Crippen LogP contribution in [0.15, 0.2) is 60.7 Å². The van der Waals surface area contributed by atoms with Gasteiger partial charge >= 0.3 is 0 Å². The summed E-state index contributed by atoms with van der Waals surface area (Å²) in [6.45, 7) is 2.16. The van der Waals surface area contributed by atoms with Crippen molar-refractivity contribution in [1.29, 1.82) is 0 Å². The van der Waals surface area contributed by atoms with Crippen molar-refractivity contribution < 1.29 is 4.74 Å². The van der Waals surface area contributed by atoms with Crippen LogP contribution in [0.5, 0.6) is 5.75 Å². The molecular weight excluding hydrogens is 270 g/mol. The molecule has 0 saturated heterocycles. The molecule has 2 aromatic carbocycles. The number of hydrogen-bond donors (Lipinski definition) is 0. The van der Waals surface area contributed by atoms with Crippen LogP contribution < -0.4 is 9.64 Å². The molecule has 1 aliphatic carbocycles. The monoisotopic (exact) mass is 295 g/mol. The minimum atomic E-state index is 0.0351. The number of hydrogen-bond acceptors (Lipinski definition) is 2. The van der Waals surface area contributed by atoms with Crippen molar-refractivity contribution in [2.45, 2.75) is 51.3 Å². The van der Waals surface area contributed by atoms with E-state index in [2.05, 4.69) is 42.2 Å². The van der Waals surface area contributed by atoms with Crippen LogP contribution in [0.25, 0.3) is 0 Å². The smallest absolute Gasteiger partial charge is 0.169 e. The van der Waals surface area contributed by atoms with E-state index in [0.29, 0.717) is 6.04 Å². The highest BCUT2D eigenvalue weighted by Crippen LogP contribution is 2.30. The van der Waals surface area contributed by atoms with Gasteiger partial charge in [0.25, 0.3) is 0 Å². The third kappa shape index (κ3) is 3.62. The SMILES string of the molecule is CC(Oc1ccccc1)N(c1ccccc1)C1CCCCC1. The summed E-state index contributed by atoms with van der Waals surface area (Å²) in [4.78, 5) is 2.46. The fraction of sp³-hybridized carbons (Fsp3) is 0.400. The van der Waals surface area contributed by atoms with Gasteiger partial charge in [0, 0.05) is 11.7 Å². The zero-order valence-electron chi connectivity index (χ0n) is 13.3. The summed E-state index contributed by atoms with van der Waals surface area (Å²) in [5, 5.41) is 0. The number of benzene rings is 2. The van der Waals surface area contributed by atoms with E-state index < -0.39 is 0 Å². The van der Waals surface area contributed by atoms with Crippen LogP contribution in [0.3, 0.4) is 0 Å². The molecule has 0 aliphatic heterocycles. The van der Waals surface area contributed by atoms with Gasteiger partial charge in [-0.25, -0.2) is 0 Å². The Morgan fingerprint density at radius 2 is 1.45 bits per heavy atom. The number of nitrogens with zero attached hydrogens (tertiary/aromatic N) is 1. The van der Waals surface area contributed by atoms with Gasteiger partial charge in [-0.2, -0.15) is 0 Å². The Morgan fingerprint density at radius 3 is 2.09 bits per heavy atom. The van der Waals surface area contributed by atoms with Crippen molar-refractivity contribution >= 4 is 5.69 Å². The van der Waals surface area contributed by atoms with Crippen molar-refractivity contribution in [2.24, 2.45) is 0 Å². The second-order valence-electron chi connectivity index (χ2n) is 6.06. The summed E-state index contributed by atoms with van der Waals surface area (Å²) in [5.74, 6) is 0.937. The molecule has 0 radical (unpaired) electrons. The lowest BCUT2D eigenvalue weighted by molar-refractivity contribution is 0.192. The first kappa shape index (κ1) is 15.0. The predicted molar refractivity (Wildman–Crippen MR) is 92.3 cm³/mol. The lowest BCUT2D eigenvalue weighted by Gasteiger charge is -2.40. The molecule has 2 heteroatoms. The largest absolute Gasteiger partial charge is 0.471 e. The molecule has 0 aromatic heterocycles. The van der Waals surface area contributed by atoms with Gasteiger partial charge in [0.15, 0.2) is 6.23 Å². The molecule has 2 nitrogen and oxygen atoms in total. The Kier molecular flexibility index (Phi) is 4.99. The zero-order chi connectivity index (χ0) is 15.2. The molecule has 0 heterocycles. The van der Waals surface area contributed by atoms with E-state index in [4.69, 9.17) is 4.74 Å². The highest BCUT2D eigenvalue weighted by Gasteiger charge is 2.26. The summed E-state index contributed by atoms with van der Waals surface area (Å²) in [6, 6.07) is 21.4. The summed E-state index contributed by atoms with van der Waals surface area (Å²) < 4.78 is 6.21. The zero-order valence-corrected chi connectivity index (χ0v) is 13.3. The van der Waals surface area contributed by atoms with E-state index in [1.165, 1.54) is 37.8 Å². The molecule has 1 atom stereocenters. The van der Waals surface area contributed by atoms with Crippen LogP contribution in [-0.4, -0.2) is 12.3 Å². The highest BCUT2D eigenvalue weighted by molar-refractivity contribution is 5.48. The van der Waals surface area contributed by atoms with Crippen LogP contribution in [0.2, 0.25) is 0 Å². The van der Waals surface area contributed by atoms with Crippen LogP contribution in [0.1, 0.15) is 39.0 Å². The lowest BCUT2D eigenvalue weighted by atomic mass is 9.93. The van der Waals surface area contributed by atoms with Crippen LogP contribution in [0, 0.1) is 0 Å². The third-order valence-corrected chi connectivity index (χ3v) is 4.46. The summed E-state index contributed by atoms with van der Waals surface area (Å²) in [5.41, 5.74) is 1.26. The fourth-order valence-electron chi connectivity index (χ4n) is 3.43. The predicted octanol–water partition coefficient (Wildman–Crippen LogP) is 5.25. The van der Waals surface area contributed by atoms with Gasteiger partial charge in [0.1, 0.15) is 5.75 Å². The molecule has 0 N–H and O–H groups in total. The fourth-order valence-corrected chi connectivity index (χ4v) is 3.43. The number of rotatable bonds is 5. The van der Waals surface area contributed by atoms with Gasteiger partial charge in [0.2, 0.25) is 0 Å². The van der Waals surface area contributed by atoms with E-state index in [1.54, 1.807) is 0 Å². The Labute approximate surface area is 133 Å². The third-order valence-electron chi connectivity index (χ3n) is 4.46. The first-order valence-electron chi connectivity index (χ1n) is 8.40. The minimum absolute atomic E-state index is 0.0351. The molecule has 3 rings (SSSR count). The van der Waals surface area contributed by atoms with Crippen molar-refractivity contribution in [3.8, 4) is 5.75 Å². The van der Waals surface area contributed by atoms with Crippen LogP contribution in [-0.2, 0) is 0 Å². The number of ether oxygens (including phenoxy) is 1. The number of anilines is 1. The normalized spacial score (nSPS) is 17.0. The maximum atomic E-state index is 6.21. The van der Waals surface area contributed by atoms with E-state index in [1.807, 2.05) is 30.3 Å². The highest BCUT2D eigenvalue weighted by atomic mass is 16.5. The molecule has 0 spiro atoms. The van der Waals surface area contributed by atoms with Crippen molar-refractivity contribution in [3.05, 3.63) is 60.7 Å². The maximum Gasteiger partial charge on any atom is 0.169 e. The second kappa shape index (κ2) is 7.35. The van der Waals surface area contributed by atoms with E-state index in [9.17, 15) is 0 Å². The quantitative estimate of drug-likeness (QED) is 0.698. The minimum Gasteiger partial charge on any atom is -0.471 e. The van der Waals surface area contributed by atoms with Gasteiger partial charge in [-0.05, 0) is 44.0 Å². The topological polar surface area (TPSA) is 12.5 Å². The number of para-hydroxylation sites is 2. The van der Waals surface area contributed by atoms with E-state index >= 15 is 0 Å². The molecular formula is C20H25NO. The maximum absolute atomic E-state index is 6.21. The van der Waals surface area contributed by atoms with Crippen molar-refractivity contribution in [3.63, 3.8) is 0 Å². The van der Waals surface area contributed by atoms with Crippen LogP contribution in [0.4, 0.5) is 5.69 Å². The molecule has 1 fully saturated rings. The van der Waals surface area contributed by atoms with Gasteiger partial charge in [-0.1, -0.05) is 55.7 Å². The standard InChI is InChI=1S/C20H25NO/c1-17(22-20-15-9-4-10-16-20)21(18-11-5-2-6-12-18)19-13-7-3-8-14-19/h2,4-6,9-12,15-17,19H,3,7-8,13-14H2,1H3. The van der Waals surface area contributed by atoms with E-state index in [0.717, 1.165) is 5.75 Å². The molecule has 0 bridgehead atoms. The summed E-state index contributed by atoms with van der Waals surface area (Å²) in [6.07, 6.45) is 6.58. The average Bonchev–Trinajstić information content (AvgIpc) is 2.58. The van der Waals surface area contributed by atoms with Gasteiger partial charge in [-0.15, -0.1) is 0 Å². The Balaban J connectivity index is 1.81. The molecule has 1 aliphatic rings. The Bertz CT molecular complexity index is 548. The molecule has 1 unspecified atom stereocenters. The molecule has 116 valence electrons. The Hall–Kier alpha value is -1.96.